The summed E-state index contributed by atoms with van der Waals surface area (Å²) in [6.07, 6.45) is 16.8. The quantitative estimate of drug-likeness (QED) is 0.0930. The van der Waals surface area contributed by atoms with Gasteiger partial charge < -0.3 is 52.4 Å². The number of nitrogens with zero attached hydrogens (tertiary/aromatic N) is 4. The van der Waals surface area contributed by atoms with E-state index in [-0.39, 0.29) is 46.2 Å². The molecule has 12 rings (SSSR count). The van der Waals surface area contributed by atoms with E-state index in [2.05, 4.69) is 136 Å². The Morgan fingerprint density at radius 3 is 1.44 bits per heavy atom. The van der Waals surface area contributed by atoms with E-state index in [1.54, 1.807) is 0 Å². The zero-order valence-corrected chi connectivity index (χ0v) is 40.2. The van der Waals surface area contributed by atoms with Crippen molar-refractivity contribution in [2.24, 2.45) is 23.7 Å². The van der Waals surface area contributed by atoms with E-state index in [0.29, 0.717) is 49.0 Å². The van der Waals surface area contributed by atoms with Gasteiger partial charge in [-0.3, -0.25) is 9.97 Å². The Morgan fingerprint density at radius 1 is 0.578 bits per heavy atom. The second-order valence-corrected chi connectivity index (χ2v) is 19.0. The fourth-order valence-electron chi connectivity index (χ4n) is 12.9. The third-order valence-corrected chi connectivity index (χ3v) is 15.8. The number of hydrogen-bond acceptors (Lipinski definition) is 4. The fourth-order valence-corrected chi connectivity index (χ4v) is 12.9. The van der Waals surface area contributed by atoms with Crippen molar-refractivity contribution in [3.05, 3.63) is 182 Å². The summed E-state index contributed by atoms with van der Waals surface area (Å²) in [5.41, 5.74) is 7.31. The standard InChI is InChI=1S/C56H62N4O2.2BrH/c1-5-29-61-55(49-21-25-57-51-15-11-9-13-47(49)51)53-33-45-23-27-59(53,37-41(45)7-3)35-39-17-19-44-32-40(18-20-43(44)31-39)36-60-28-24-46(42(8-4)38-60)34-54(60)56(62-30-6-2)50-22-26-58-52-16-12-10-14-48(50)52;;/h5-22,25-26,31-32,41-42,45-46,53-56H,1-4,23-24,27-30,33-38H2;2*1H/q+2;;/p-2/t41?,42?,45?,46?,53?,54?,55-,56-,59?,60?;;/m1../s1. The minimum atomic E-state index is -0.0617. The maximum Gasteiger partial charge on any atom is 0.135 e. The molecule has 6 fully saturated rings. The van der Waals surface area contributed by atoms with Crippen LogP contribution < -0.4 is 34.0 Å². The van der Waals surface area contributed by atoms with Gasteiger partial charge >= 0.3 is 0 Å². The van der Waals surface area contributed by atoms with Crippen LogP contribution >= 0.6 is 0 Å². The van der Waals surface area contributed by atoms with Crippen LogP contribution in [-0.2, 0) is 22.6 Å². The molecule has 2 aromatic heterocycles. The molecule has 332 valence electrons. The second kappa shape index (κ2) is 19.7. The molecule has 0 saturated carbocycles. The topological polar surface area (TPSA) is 44.2 Å². The lowest BCUT2D eigenvalue weighted by Gasteiger charge is -2.58. The molecule has 0 radical (unpaired) electrons. The van der Waals surface area contributed by atoms with Crippen molar-refractivity contribution in [1.29, 1.82) is 0 Å². The number of benzene rings is 4. The third-order valence-electron chi connectivity index (χ3n) is 15.8. The van der Waals surface area contributed by atoms with Gasteiger partial charge in [-0.05, 0) is 70.1 Å². The number of halogens is 2. The smallest absolute Gasteiger partial charge is 0.135 e. The molecule has 0 amide bonds. The second-order valence-electron chi connectivity index (χ2n) is 19.0. The van der Waals surface area contributed by atoms with Crippen LogP contribution in [0.15, 0.2) is 160 Å². The SMILES string of the molecule is C=CCO[C@H](c1ccnc2ccccc12)C1CC2CC[N+]1(Cc1ccc3cc(C[N+]45CCC(CC4[C@H](OCC=C)c4ccnc6ccccc46)C(C=C)C5)ccc3c1)CC2C=C.[Br-].[Br-]. The van der Waals surface area contributed by atoms with Gasteiger partial charge in [0.15, 0.2) is 0 Å². The highest BCUT2D eigenvalue weighted by Gasteiger charge is 2.56. The van der Waals surface area contributed by atoms with E-state index in [1.807, 2.05) is 24.5 Å². The summed E-state index contributed by atoms with van der Waals surface area (Å²) in [6.45, 7) is 24.2. The number of fused-ring (bicyclic) bond motifs is 9. The van der Waals surface area contributed by atoms with Crippen molar-refractivity contribution in [2.45, 2.75) is 63.1 Å². The largest absolute Gasteiger partial charge is 1.00 e. The number of para-hydroxylation sites is 2. The minimum Gasteiger partial charge on any atom is -1.00 e. The molecule has 0 N–H and O–H groups in total. The van der Waals surface area contributed by atoms with E-state index in [4.69, 9.17) is 19.4 Å². The first-order valence-corrected chi connectivity index (χ1v) is 23.1. The lowest BCUT2D eigenvalue weighted by atomic mass is 9.71. The molecule has 6 aliphatic rings. The summed E-state index contributed by atoms with van der Waals surface area (Å²) in [6, 6.07) is 36.6. The molecule has 4 bridgehead atoms. The van der Waals surface area contributed by atoms with Gasteiger partial charge in [-0.1, -0.05) is 85.0 Å². The van der Waals surface area contributed by atoms with Crippen LogP contribution in [0.25, 0.3) is 32.6 Å². The summed E-state index contributed by atoms with van der Waals surface area (Å²) in [5, 5.41) is 4.98. The molecule has 6 aliphatic heterocycles. The number of ether oxygens (including phenoxy) is 2. The molecule has 0 aliphatic carbocycles. The molecular formula is C56H62Br2N4O2. The first kappa shape index (κ1) is 46.3. The Kier molecular flexibility index (Phi) is 14.2. The Morgan fingerprint density at radius 2 is 1.02 bits per heavy atom. The molecule has 8 unspecified atom stereocenters. The zero-order valence-electron chi connectivity index (χ0n) is 37.0. The van der Waals surface area contributed by atoms with Crippen molar-refractivity contribution < 1.29 is 52.4 Å². The number of quaternary nitrogens is 2. The van der Waals surface area contributed by atoms with Gasteiger partial charge in [0, 0.05) is 71.8 Å². The first-order valence-electron chi connectivity index (χ1n) is 23.1. The number of piperidine rings is 6. The normalized spacial score (nSPS) is 27.9. The summed E-state index contributed by atoms with van der Waals surface area (Å²) < 4.78 is 15.7. The highest BCUT2D eigenvalue weighted by Crippen LogP contribution is 2.51. The van der Waals surface area contributed by atoms with Crippen LogP contribution in [0.2, 0.25) is 0 Å². The summed E-state index contributed by atoms with van der Waals surface area (Å²) in [5.74, 6) is 2.27. The highest BCUT2D eigenvalue weighted by molar-refractivity contribution is 5.84. The Balaban J connectivity index is 0.00000280. The maximum absolute atomic E-state index is 6.87. The molecular weight excluding hydrogens is 920 g/mol. The van der Waals surface area contributed by atoms with Crippen molar-refractivity contribution in [3.8, 4) is 0 Å². The van der Waals surface area contributed by atoms with Crippen LogP contribution in [0.4, 0.5) is 0 Å². The monoisotopic (exact) mass is 980 g/mol. The highest BCUT2D eigenvalue weighted by atomic mass is 79.9. The Bertz CT molecular complexity index is 2460. The maximum atomic E-state index is 6.87. The van der Waals surface area contributed by atoms with Gasteiger partial charge in [0.2, 0.25) is 0 Å². The van der Waals surface area contributed by atoms with Crippen LogP contribution in [0.5, 0.6) is 0 Å². The van der Waals surface area contributed by atoms with E-state index in [0.717, 1.165) is 72.1 Å². The number of rotatable bonds is 16. The summed E-state index contributed by atoms with van der Waals surface area (Å²) >= 11 is 0. The molecule has 4 aromatic carbocycles. The lowest BCUT2D eigenvalue weighted by molar-refractivity contribution is -0.985. The van der Waals surface area contributed by atoms with Crippen LogP contribution in [0, 0.1) is 23.7 Å². The van der Waals surface area contributed by atoms with E-state index in [1.165, 1.54) is 56.6 Å². The van der Waals surface area contributed by atoms with Gasteiger partial charge in [-0.2, -0.15) is 0 Å². The van der Waals surface area contributed by atoms with Gasteiger partial charge in [-0.15, -0.1) is 26.3 Å². The number of hydrogen-bond donors (Lipinski definition) is 0. The average Bonchev–Trinajstić information content (AvgIpc) is 3.32. The Hall–Kier alpha value is -4.28. The van der Waals surface area contributed by atoms with Crippen LogP contribution in [0.3, 0.4) is 0 Å². The van der Waals surface area contributed by atoms with Crippen molar-refractivity contribution >= 4 is 32.6 Å². The lowest BCUT2D eigenvalue weighted by Crippen LogP contribution is -3.00. The van der Waals surface area contributed by atoms with Crippen molar-refractivity contribution in [2.75, 3.05) is 39.4 Å². The summed E-state index contributed by atoms with van der Waals surface area (Å²) in [7, 11) is 0. The van der Waals surface area contributed by atoms with E-state index in [9.17, 15) is 0 Å². The van der Waals surface area contributed by atoms with Gasteiger partial charge in [0.1, 0.15) is 37.4 Å². The van der Waals surface area contributed by atoms with Crippen molar-refractivity contribution in [3.63, 3.8) is 0 Å². The van der Waals surface area contributed by atoms with E-state index < -0.39 is 0 Å². The molecule has 6 saturated heterocycles. The van der Waals surface area contributed by atoms with Gasteiger partial charge in [0.25, 0.3) is 0 Å². The summed E-state index contributed by atoms with van der Waals surface area (Å²) in [4.78, 5) is 9.46. The average molecular weight is 983 g/mol. The Labute approximate surface area is 401 Å². The molecule has 8 heterocycles. The third kappa shape index (κ3) is 8.51. The molecule has 6 aromatic rings. The molecule has 0 spiro atoms. The van der Waals surface area contributed by atoms with Crippen LogP contribution in [-0.4, -0.2) is 70.4 Å². The number of aromatic nitrogens is 2. The predicted molar refractivity (Wildman–Crippen MR) is 253 cm³/mol. The predicted octanol–water partition coefficient (Wildman–Crippen LogP) is 5.65. The molecule has 6 nitrogen and oxygen atoms in total. The first-order chi connectivity index (χ1) is 30.4. The number of pyridine rings is 2. The molecule has 10 atom stereocenters. The zero-order chi connectivity index (χ0) is 42.3. The molecule has 8 heteroatoms. The molecule has 64 heavy (non-hydrogen) atoms. The van der Waals surface area contributed by atoms with Gasteiger partial charge in [-0.25, -0.2) is 0 Å². The van der Waals surface area contributed by atoms with Crippen LogP contribution in [0.1, 0.15) is 60.1 Å². The van der Waals surface area contributed by atoms with E-state index >= 15 is 0 Å². The fraction of sp³-hybridized carbons (Fsp3) is 0.357. The van der Waals surface area contributed by atoms with Gasteiger partial charge in [0.05, 0.1) is 50.4 Å². The minimum absolute atomic E-state index is 0. The van der Waals surface area contributed by atoms with Crippen molar-refractivity contribution in [1.82, 2.24) is 9.97 Å².